The van der Waals surface area contributed by atoms with Crippen LogP contribution in [0.25, 0.3) is 0 Å². The fourth-order valence-electron chi connectivity index (χ4n) is 1.07. The number of benzene rings is 1. The Morgan fingerprint density at radius 3 is 2.78 bits per heavy atom. The minimum absolute atomic E-state index is 0.0738. The third-order valence-electron chi connectivity index (χ3n) is 1.86. The van der Waals surface area contributed by atoms with Crippen molar-refractivity contribution in [2.24, 2.45) is 0 Å². The Bertz CT molecular complexity index is 472. The van der Waals surface area contributed by atoms with E-state index in [0.29, 0.717) is 11.0 Å². The van der Waals surface area contributed by atoms with Gasteiger partial charge in [0, 0.05) is 11.0 Å². The Hall–Kier alpha value is -0.640. The highest BCUT2D eigenvalue weighted by atomic mass is 79.9. The molecule has 4 N–H and O–H groups in total. The summed E-state index contributed by atoms with van der Waals surface area (Å²) < 4.78 is 23.6. The molecule has 0 aliphatic rings. The van der Waals surface area contributed by atoms with Gasteiger partial charge >= 0.3 is 11.4 Å². The molecular weight excluding hydrogens is 392 g/mol. The van der Waals surface area contributed by atoms with E-state index in [1.807, 2.05) is 0 Å². The number of nitrogens with one attached hydrogen (secondary N) is 1. The molecule has 1 amide bonds. The molecule has 0 fully saturated rings. The minimum Gasteiger partial charge on any atom is -0.396 e. The van der Waals surface area contributed by atoms with E-state index in [2.05, 4.69) is 41.4 Å². The van der Waals surface area contributed by atoms with Crippen molar-refractivity contribution in [3.63, 3.8) is 0 Å². The SMILES string of the molecule is Nc1cc(NC(=O)C(Br)CBr)ccc1OS(=O)O. The first kappa shape index (κ1) is 15.4. The lowest BCUT2D eigenvalue weighted by Crippen LogP contribution is -2.23. The highest BCUT2D eigenvalue weighted by Crippen LogP contribution is 2.25. The average molecular weight is 402 g/mol. The second kappa shape index (κ2) is 7.07. The fraction of sp³-hybridized carbons (Fsp3) is 0.222. The number of anilines is 2. The van der Waals surface area contributed by atoms with Gasteiger partial charge in [-0.2, -0.15) is 4.21 Å². The van der Waals surface area contributed by atoms with Crippen molar-refractivity contribution in [3.05, 3.63) is 18.2 Å². The highest BCUT2D eigenvalue weighted by Gasteiger charge is 2.14. The zero-order valence-electron chi connectivity index (χ0n) is 8.93. The van der Waals surface area contributed by atoms with Crippen LogP contribution in [0.3, 0.4) is 0 Å². The largest absolute Gasteiger partial charge is 0.396 e. The van der Waals surface area contributed by atoms with Crippen LogP contribution >= 0.6 is 31.9 Å². The monoisotopic (exact) mass is 400 g/mol. The summed E-state index contributed by atoms with van der Waals surface area (Å²) in [5.41, 5.74) is 6.24. The van der Waals surface area contributed by atoms with Gasteiger partial charge in [0.05, 0.1) is 5.69 Å². The second-order valence-electron chi connectivity index (χ2n) is 3.16. The van der Waals surface area contributed by atoms with Gasteiger partial charge < -0.3 is 15.2 Å². The topological polar surface area (TPSA) is 102 Å². The van der Waals surface area contributed by atoms with E-state index in [0.717, 1.165) is 0 Å². The van der Waals surface area contributed by atoms with Crippen LogP contribution in [0.5, 0.6) is 5.75 Å². The van der Waals surface area contributed by atoms with Crippen LogP contribution in [-0.4, -0.2) is 24.8 Å². The number of nitrogen functional groups attached to an aromatic ring is 1. The van der Waals surface area contributed by atoms with E-state index in [1.165, 1.54) is 18.2 Å². The van der Waals surface area contributed by atoms with E-state index < -0.39 is 11.4 Å². The molecule has 0 saturated carbocycles. The molecule has 9 heteroatoms. The van der Waals surface area contributed by atoms with Gasteiger partial charge in [-0.05, 0) is 18.2 Å². The summed E-state index contributed by atoms with van der Waals surface area (Å²) in [6.07, 6.45) is 0. The summed E-state index contributed by atoms with van der Waals surface area (Å²) in [5, 5.41) is 3.10. The van der Waals surface area contributed by atoms with Crippen LogP contribution in [-0.2, 0) is 16.2 Å². The Labute approximate surface area is 123 Å². The molecular formula is C9H10Br2N2O4S. The molecule has 100 valence electrons. The van der Waals surface area contributed by atoms with Crippen molar-refractivity contribution in [3.8, 4) is 5.75 Å². The number of carbonyl (C=O) groups is 1. The number of hydrogen-bond donors (Lipinski definition) is 3. The molecule has 2 atom stereocenters. The molecule has 0 bridgehead atoms. The molecule has 0 spiro atoms. The van der Waals surface area contributed by atoms with Crippen LogP contribution in [0.4, 0.5) is 11.4 Å². The van der Waals surface area contributed by atoms with E-state index in [1.54, 1.807) is 0 Å². The maximum atomic E-state index is 11.6. The molecule has 0 heterocycles. The van der Waals surface area contributed by atoms with Gasteiger partial charge in [0.1, 0.15) is 4.83 Å². The summed E-state index contributed by atoms with van der Waals surface area (Å²) in [6.45, 7) is 0. The van der Waals surface area contributed by atoms with Crippen LogP contribution in [0.1, 0.15) is 0 Å². The lowest BCUT2D eigenvalue weighted by atomic mass is 10.2. The van der Waals surface area contributed by atoms with Crippen LogP contribution in [0.15, 0.2) is 18.2 Å². The zero-order valence-corrected chi connectivity index (χ0v) is 12.9. The zero-order chi connectivity index (χ0) is 13.7. The number of amides is 1. The summed E-state index contributed by atoms with van der Waals surface area (Å²) in [7, 11) is 0. The van der Waals surface area contributed by atoms with Crippen LogP contribution < -0.4 is 15.2 Å². The predicted octanol–water partition coefficient (Wildman–Crippen LogP) is 1.88. The van der Waals surface area contributed by atoms with Crippen molar-refractivity contribution in [1.29, 1.82) is 0 Å². The number of rotatable bonds is 5. The maximum absolute atomic E-state index is 11.6. The Kier molecular flexibility index (Phi) is 6.06. The second-order valence-corrected chi connectivity index (χ2v) is 5.52. The molecule has 0 aliphatic carbocycles. The van der Waals surface area contributed by atoms with Gasteiger partial charge in [-0.25, -0.2) is 0 Å². The molecule has 2 unspecified atom stereocenters. The van der Waals surface area contributed by atoms with Crippen molar-refractivity contribution >= 4 is 60.5 Å². The average Bonchev–Trinajstić information content (AvgIpc) is 2.31. The van der Waals surface area contributed by atoms with E-state index >= 15 is 0 Å². The fourth-order valence-corrected chi connectivity index (χ4v) is 1.78. The standard InChI is InChI=1S/C9H10Br2N2O4S/c10-4-6(11)9(14)13-5-1-2-8(7(12)3-5)17-18(15)16/h1-3,6H,4,12H2,(H,13,14)(H,15,16). The van der Waals surface area contributed by atoms with Crippen molar-refractivity contribution in [2.45, 2.75) is 4.83 Å². The van der Waals surface area contributed by atoms with Gasteiger partial charge in [0.2, 0.25) is 5.91 Å². The summed E-state index contributed by atoms with van der Waals surface area (Å²) in [4.78, 5) is 11.2. The van der Waals surface area contributed by atoms with Gasteiger partial charge in [0.25, 0.3) is 0 Å². The van der Waals surface area contributed by atoms with Gasteiger partial charge in [-0.1, -0.05) is 31.9 Å². The molecule has 1 aromatic carbocycles. The first-order valence-electron chi connectivity index (χ1n) is 4.63. The smallest absolute Gasteiger partial charge is 0.357 e. The molecule has 0 aromatic heterocycles. The molecule has 1 rings (SSSR count). The molecule has 18 heavy (non-hydrogen) atoms. The molecule has 0 radical (unpaired) electrons. The lowest BCUT2D eigenvalue weighted by molar-refractivity contribution is -0.115. The Morgan fingerprint density at radius 1 is 1.61 bits per heavy atom. The van der Waals surface area contributed by atoms with Gasteiger partial charge in [-0.15, -0.1) is 0 Å². The lowest BCUT2D eigenvalue weighted by Gasteiger charge is -2.10. The quantitative estimate of drug-likeness (QED) is 0.397. The first-order chi connectivity index (χ1) is 8.43. The molecule has 0 saturated heterocycles. The van der Waals surface area contributed by atoms with Gasteiger partial charge in [-0.3, -0.25) is 9.35 Å². The summed E-state index contributed by atoms with van der Waals surface area (Å²) in [5.74, 6) is -0.157. The van der Waals surface area contributed by atoms with E-state index in [-0.39, 0.29) is 22.2 Å². The normalized spacial score (nSPS) is 13.7. The summed E-state index contributed by atoms with van der Waals surface area (Å²) >= 11 is 3.91. The minimum atomic E-state index is -2.43. The third kappa shape index (κ3) is 4.56. The number of hydrogen-bond acceptors (Lipinski definition) is 4. The highest BCUT2D eigenvalue weighted by molar-refractivity contribution is 9.12. The van der Waals surface area contributed by atoms with Crippen LogP contribution in [0, 0.1) is 0 Å². The van der Waals surface area contributed by atoms with E-state index in [9.17, 15) is 9.00 Å². The molecule has 6 nitrogen and oxygen atoms in total. The number of alkyl halides is 2. The predicted molar refractivity (Wildman–Crippen MR) is 77.4 cm³/mol. The van der Waals surface area contributed by atoms with Crippen molar-refractivity contribution < 1.29 is 17.7 Å². The molecule has 0 aliphatic heterocycles. The summed E-state index contributed by atoms with van der Waals surface area (Å²) in [6, 6.07) is 4.36. The van der Waals surface area contributed by atoms with Crippen molar-refractivity contribution in [1.82, 2.24) is 0 Å². The number of carbonyl (C=O) groups excluding carboxylic acids is 1. The maximum Gasteiger partial charge on any atom is 0.357 e. The van der Waals surface area contributed by atoms with Crippen molar-refractivity contribution in [2.75, 3.05) is 16.4 Å². The van der Waals surface area contributed by atoms with Gasteiger partial charge in [0.15, 0.2) is 5.75 Å². The Balaban J connectivity index is 2.78. The Morgan fingerprint density at radius 2 is 2.28 bits per heavy atom. The third-order valence-corrected chi connectivity index (χ3v) is 4.44. The first-order valence-corrected chi connectivity index (χ1v) is 7.70. The molecule has 1 aromatic rings. The van der Waals surface area contributed by atoms with E-state index in [4.69, 9.17) is 10.3 Å². The number of halogens is 2. The van der Waals surface area contributed by atoms with Crippen LogP contribution in [0.2, 0.25) is 0 Å². The number of nitrogens with two attached hydrogens (primary N) is 1.